The lowest BCUT2D eigenvalue weighted by molar-refractivity contribution is 1.02. The summed E-state index contributed by atoms with van der Waals surface area (Å²) in [5, 5.41) is 2.75. The van der Waals surface area contributed by atoms with Gasteiger partial charge in [-0.3, -0.25) is 0 Å². The van der Waals surface area contributed by atoms with E-state index < -0.39 is 0 Å². The topological polar surface area (TPSA) is 38.0 Å². The van der Waals surface area contributed by atoms with Crippen molar-refractivity contribution in [3.63, 3.8) is 0 Å². The molecule has 0 aromatic heterocycles. The fourth-order valence-electron chi connectivity index (χ4n) is 0.670. The maximum atomic E-state index is 5.46. The van der Waals surface area contributed by atoms with Crippen LogP contribution in [0.15, 0.2) is 24.3 Å². The molecule has 0 aliphatic heterocycles. The summed E-state index contributed by atoms with van der Waals surface area (Å²) in [4.78, 5) is 0. The number of rotatable bonds is 0. The van der Waals surface area contributed by atoms with E-state index in [-0.39, 0.29) is 0 Å². The fraction of sp³-hybridized carbons (Fsp3) is 0.333. The van der Waals surface area contributed by atoms with Crippen molar-refractivity contribution in [1.29, 1.82) is 0 Å². The van der Waals surface area contributed by atoms with Crippen LogP contribution in [0, 0.1) is 6.92 Å². The van der Waals surface area contributed by atoms with Gasteiger partial charge in [0.1, 0.15) is 0 Å². The molecule has 0 aliphatic carbocycles. The van der Waals surface area contributed by atoms with Gasteiger partial charge in [-0.25, -0.2) is 0 Å². The summed E-state index contributed by atoms with van der Waals surface area (Å²) in [5.41, 5.74) is 7.51. The average molecular weight is 152 g/mol. The molecule has 0 amide bonds. The molecule has 0 atom stereocenters. The van der Waals surface area contributed by atoms with Crippen molar-refractivity contribution >= 4 is 5.69 Å². The second-order valence-corrected chi connectivity index (χ2v) is 2.41. The summed E-state index contributed by atoms with van der Waals surface area (Å²) >= 11 is 0. The third-order valence-corrected chi connectivity index (χ3v) is 1.04. The van der Waals surface area contributed by atoms with Crippen LogP contribution in [0.1, 0.15) is 5.56 Å². The monoisotopic (exact) mass is 152 g/mol. The molecule has 0 saturated carbocycles. The summed E-state index contributed by atoms with van der Waals surface area (Å²) in [6.45, 7) is 2.02. The minimum Gasteiger partial charge on any atom is -0.399 e. The van der Waals surface area contributed by atoms with Crippen LogP contribution >= 0.6 is 0 Å². The molecular weight excluding hydrogens is 136 g/mol. The smallest absolute Gasteiger partial charge is 0.0316 e. The minimum absolute atomic E-state index is 0.838. The largest absolute Gasteiger partial charge is 0.399 e. The second-order valence-electron chi connectivity index (χ2n) is 2.41. The molecule has 0 fully saturated rings. The Labute approximate surface area is 68.4 Å². The second kappa shape index (κ2) is 5.74. The molecule has 3 N–H and O–H groups in total. The number of nitrogen functional groups attached to an aromatic ring is 1. The molecular formula is C9H16N2. The van der Waals surface area contributed by atoms with Crippen LogP contribution in [0.5, 0.6) is 0 Å². The number of nitrogens with two attached hydrogens (primary N) is 1. The van der Waals surface area contributed by atoms with E-state index in [1.54, 1.807) is 0 Å². The highest BCUT2D eigenvalue weighted by atomic mass is 14.7. The molecule has 2 heteroatoms. The van der Waals surface area contributed by atoms with E-state index >= 15 is 0 Å². The molecule has 1 aromatic rings. The Hall–Kier alpha value is -1.02. The van der Waals surface area contributed by atoms with E-state index in [9.17, 15) is 0 Å². The van der Waals surface area contributed by atoms with Crippen molar-refractivity contribution in [3.8, 4) is 0 Å². The van der Waals surface area contributed by atoms with Gasteiger partial charge >= 0.3 is 0 Å². The van der Waals surface area contributed by atoms with Crippen molar-refractivity contribution < 1.29 is 0 Å². The lowest BCUT2D eigenvalue weighted by Crippen LogP contribution is -1.89. The predicted molar refractivity (Wildman–Crippen MR) is 50.6 cm³/mol. The third-order valence-electron chi connectivity index (χ3n) is 1.04. The first-order chi connectivity index (χ1) is 5.20. The zero-order chi connectivity index (χ0) is 8.69. The van der Waals surface area contributed by atoms with Gasteiger partial charge in [0.15, 0.2) is 0 Å². The summed E-state index contributed by atoms with van der Waals surface area (Å²) < 4.78 is 0. The van der Waals surface area contributed by atoms with Crippen LogP contribution in [0.4, 0.5) is 5.69 Å². The zero-order valence-corrected chi connectivity index (χ0v) is 7.39. The van der Waals surface area contributed by atoms with Crippen LogP contribution < -0.4 is 11.1 Å². The Morgan fingerprint density at radius 3 is 2.09 bits per heavy atom. The van der Waals surface area contributed by atoms with Crippen LogP contribution in [-0.4, -0.2) is 14.1 Å². The van der Waals surface area contributed by atoms with Crippen molar-refractivity contribution in [2.24, 2.45) is 0 Å². The van der Waals surface area contributed by atoms with E-state index in [4.69, 9.17) is 5.73 Å². The number of aryl methyl sites for hydroxylation is 1. The van der Waals surface area contributed by atoms with Gasteiger partial charge in [0.25, 0.3) is 0 Å². The number of hydrogen-bond donors (Lipinski definition) is 2. The van der Waals surface area contributed by atoms with Crippen molar-refractivity contribution in [3.05, 3.63) is 29.8 Å². The standard InChI is InChI=1S/C7H9N.C2H7N/c1-6-3-2-4-7(8)5-6;1-3-2/h2-5H,8H2,1H3;3H,1-2H3. The average Bonchev–Trinajstić information content (AvgIpc) is 1.88. The van der Waals surface area contributed by atoms with E-state index in [1.807, 2.05) is 45.3 Å². The first kappa shape index (κ1) is 9.98. The minimum atomic E-state index is 0.838. The Bertz CT molecular complexity index is 179. The maximum absolute atomic E-state index is 5.46. The van der Waals surface area contributed by atoms with Crippen molar-refractivity contribution in [2.45, 2.75) is 6.92 Å². The van der Waals surface area contributed by atoms with Gasteiger partial charge in [0.2, 0.25) is 0 Å². The Morgan fingerprint density at radius 1 is 1.27 bits per heavy atom. The van der Waals surface area contributed by atoms with E-state index in [0.29, 0.717) is 0 Å². The Balaban J connectivity index is 0.000000292. The predicted octanol–water partition coefficient (Wildman–Crippen LogP) is 1.41. The summed E-state index contributed by atoms with van der Waals surface area (Å²) in [7, 11) is 3.75. The maximum Gasteiger partial charge on any atom is 0.0316 e. The molecule has 0 spiro atoms. The normalized spacial score (nSPS) is 8.27. The molecule has 1 rings (SSSR count). The quantitative estimate of drug-likeness (QED) is 0.552. The van der Waals surface area contributed by atoms with Crippen LogP contribution in [0.25, 0.3) is 0 Å². The van der Waals surface area contributed by atoms with Gasteiger partial charge in [0.05, 0.1) is 0 Å². The van der Waals surface area contributed by atoms with Crippen molar-refractivity contribution in [1.82, 2.24) is 5.32 Å². The number of nitrogens with one attached hydrogen (secondary N) is 1. The molecule has 0 saturated heterocycles. The molecule has 1 aromatic carbocycles. The lowest BCUT2D eigenvalue weighted by Gasteiger charge is -1.91. The highest BCUT2D eigenvalue weighted by molar-refractivity contribution is 5.39. The van der Waals surface area contributed by atoms with Crippen LogP contribution in [-0.2, 0) is 0 Å². The van der Waals surface area contributed by atoms with Gasteiger partial charge in [0, 0.05) is 5.69 Å². The molecule has 11 heavy (non-hydrogen) atoms. The highest BCUT2D eigenvalue weighted by Crippen LogP contribution is 2.03. The first-order valence-corrected chi connectivity index (χ1v) is 3.61. The van der Waals surface area contributed by atoms with Gasteiger partial charge in [-0.05, 0) is 38.7 Å². The lowest BCUT2D eigenvalue weighted by atomic mass is 10.2. The summed E-state index contributed by atoms with van der Waals surface area (Å²) in [6, 6.07) is 7.80. The zero-order valence-electron chi connectivity index (χ0n) is 7.39. The highest BCUT2D eigenvalue weighted by Gasteiger charge is 1.81. The van der Waals surface area contributed by atoms with Crippen LogP contribution in [0.2, 0.25) is 0 Å². The fourth-order valence-corrected chi connectivity index (χ4v) is 0.670. The first-order valence-electron chi connectivity index (χ1n) is 3.61. The Morgan fingerprint density at radius 2 is 1.82 bits per heavy atom. The number of benzene rings is 1. The number of anilines is 1. The summed E-state index contributed by atoms with van der Waals surface area (Å²) in [6.07, 6.45) is 0. The van der Waals surface area contributed by atoms with Gasteiger partial charge in [-0.2, -0.15) is 0 Å². The SMILES string of the molecule is CNC.Cc1cccc(N)c1. The molecule has 0 heterocycles. The van der Waals surface area contributed by atoms with Crippen molar-refractivity contribution in [2.75, 3.05) is 19.8 Å². The summed E-state index contributed by atoms with van der Waals surface area (Å²) in [5.74, 6) is 0. The van der Waals surface area contributed by atoms with Gasteiger partial charge in [-0.1, -0.05) is 12.1 Å². The molecule has 0 aliphatic rings. The number of hydrogen-bond acceptors (Lipinski definition) is 2. The Kier molecular flexibility index (Phi) is 5.21. The molecule has 62 valence electrons. The van der Waals surface area contributed by atoms with Gasteiger partial charge in [-0.15, -0.1) is 0 Å². The molecule has 2 nitrogen and oxygen atoms in total. The molecule has 0 bridgehead atoms. The molecule has 0 radical (unpaired) electrons. The van der Waals surface area contributed by atoms with E-state index in [2.05, 4.69) is 5.32 Å². The third kappa shape index (κ3) is 5.43. The van der Waals surface area contributed by atoms with Crippen LogP contribution in [0.3, 0.4) is 0 Å². The van der Waals surface area contributed by atoms with E-state index in [0.717, 1.165) is 5.69 Å². The molecule has 0 unspecified atom stereocenters. The van der Waals surface area contributed by atoms with E-state index in [1.165, 1.54) is 5.56 Å². The van der Waals surface area contributed by atoms with Gasteiger partial charge < -0.3 is 11.1 Å².